The molecule has 122 valence electrons. The Morgan fingerprint density at radius 3 is 2.61 bits per heavy atom. The van der Waals surface area contributed by atoms with E-state index in [1.807, 2.05) is 6.07 Å². The molecule has 0 aliphatic heterocycles. The minimum absolute atomic E-state index is 0.118. The Morgan fingerprint density at radius 2 is 2.00 bits per heavy atom. The first-order chi connectivity index (χ1) is 11.1. The Balaban J connectivity index is 1.62. The molecule has 1 aliphatic carbocycles. The first-order valence-corrected chi connectivity index (χ1v) is 8.00. The van der Waals surface area contributed by atoms with Gasteiger partial charge < -0.3 is 16.0 Å². The molecule has 1 fully saturated rings. The first kappa shape index (κ1) is 17.1. The van der Waals surface area contributed by atoms with Crippen LogP contribution in [-0.2, 0) is 4.79 Å². The molecule has 6 nitrogen and oxygen atoms in total. The van der Waals surface area contributed by atoms with Gasteiger partial charge >= 0.3 is 6.03 Å². The van der Waals surface area contributed by atoms with Gasteiger partial charge in [0.25, 0.3) is 0 Å². The highest BCUT2D eigenvalue weighted by Gasteiger charge is 2.24. The summed E-state index contributed by atoms with van der Waals surface area (Å²) in [5.74, 6) is 0.306. The summed E-state index contributed by atoms with van der Waals surface area (Å²) in [5, 5.41) is 17.3. The van der Waals surface area contributed by atoms with Gasteiger partial charge in [0.05, 0.1) is 10.6 Å². The van der Waals surface area contributed by atoms with E-state index in [-0.39, 0.29) is 17.9 Å². The van der Waals surface area contributed by atoms with Crippen LogP contribution in [0.4, 0.5) is 10.5 Å². The minimum Gasteiger partial charge on any atom is -0.356 e. The predicted octanol–water partition coefficient (Wildman–Crippen LogP) is 2.64. The van der Waals surface area contributed by atoms with E-state index in [2.05, 4.69) is 16.0 Å². The van der Waals surface area contributed by atoms with Gasteiger partial charge in [-0.2, -0.15) is 5.26 Å². The van der Waals surface area contributed by atoms with Crippen molar-refractivity contribution in [1.29, 1.82) is 5.26 Å². The maximum absolute atomic E-state index is 11.7. The molecule has 0 aromatic heterocycles. The summed E-state index contributed by atoms with van der Waals surface area (Å²) in [6.07, 6.45) is 3.78. The molecule has 1 saturated carbocycles. The smallest absolute Gasteiger partial charge is 0.319 e. The number of anilines is 1. The third-order valence-corrected chi connectivity index (χ3v) is 4.07. The summed E-state index contributed by atoms with van der Waals surface area (Å²) in [7, 11) is 0. The number of urea groups is 1. The average Bonchev–Trinajstić information content (AvgIpc) is 2.45. The van der Waals surface area contributed by atoms with Crippen molar-refractivity contribution in [2.45, 2.75) is 25.7 Å². The van der Waals surface area contributed by atoms with Crippen molar-refractivity contribution in [2.24, 2.45) is 5.92 Å². The van der Waals surface area contributed by atoms with E-state index >= 15 is 0 Å². The van der Waals surface area contributed by atoms with Gasteiger partial charge in [0.1, 0.15) is 6.07 Å². The molecule has 0 bridgehead atoms. The number of amides is 3. The highest BCUT2D eigenvalue weighted by Crippen LogP contribution is 2.26. The van der Waals surface area contributed by atoms with E-state index in [1.54, 1.807) is 12.1 Å². The zero-order chi connectivity index (χ0) is 16.7. The van der Waals surface area contributed by atoms with Crippen LogP contribution in [0.5, 0.6) is 0 Å². The number of hydrogen-bond donors (Lipinski definition) is 3. The summed E-state index contributed by atoms with van der Waals surface area (Å²) >= 11 is 5.90. The molecule has 0 radical (unpaired) electrons. The van der Waals surface area contributed by atoms with E-state index < -0.39 is 0 Å². The second-order valence-corrected chi connectivity index (χ2v) is 5.87. The van der Waals surface area contributed by atoms with Crippen LogP contribution in [0.2, 0.25) is 5.02 Å². The number of nitrogens with zero attached hydrogens (tertiary/aromatic N) is 1. The van der Waals surface area contributed by atoms with E-state index in [9.17, 15) is 9.59 Å². The van der Waals surface area contributed by atoms with Gasteiger partial charge in [-0.15, -0.1) is 0 Å². The molecule has 2 rings (SSSR count). The molecule has 1 aromatic carbocycles. The molecule has 1 aliphatic rings. The van der Waals surface area contributed by atoms with Gasteiger partial charge in [-0.1, -0.05) is 18.0 Å². The molecule has 0 atom stereocenters. The van der Waals surface area contributed by atoms with Crippen molar-refractivity contribution in [3.63, 3.8) is 0 Å². The monoisotopic (exact) mass is 334 g/mol. The molecule has 1 aromatic rings. The zero-order valence-corrected chi connectivity index (χ0v) is 13.4. The third kappa shape index (κ3) is 5.15. The molecule has 7 heteroatoms. The molecular formula is C16H19ClN4O2. The fourth-order valence-corrected chi connectivity index (χ4v) is 2.40. The van der Waals surface area contributed by atoms with E-state index in [1.165, 1.54) is 6.07 Å². The molecule has 0 saturated heterocycles. The van der Waals surface area contributed by atoms with Crippen LogP contribution in [0.3, 0.4) is 0 Å². The van der Waals surface area contributed by atoms with Crippen molar-refractivity contribution in [1.82, 2.24) is 10.6 Å². The zero-order valence-electron chi connectivity index (χ0n) is 12.7. The van der Waals surface area contributed by atoms with Gasteiger partial charge in [-0.25, -0.2) is 4.79 Å². The van der Waals surface area contributed by atoms with Gasteiger partial charge in [-0.3, -0.25) is 4.79 Å². The van der Waals surface area contributed by atoms with Crippen LogP contribution in [0, 0.1) is 17.2 Å². The normalized spacial score (nSPS) is 13.6. The highest BCUT2D eigenvalue weighted by molar-refractivity contribution is 6.32. The van der Waals surface area contributed by atoms with Crippen LogP contribution < -0.4 is 16.0 Å². The van der Waals surface area contributed by atoms with Gasteiger partial charge in [0, 0.05) is 24.7 Å². The van der Waals surface area contributed by atoms with Gasteiger partial charge in [-0.05, 0) is 37.5 Å². The Bertz CT molecular complexity index is 623. The largest absolute Gasteiger partial charge is 0.356 e. The second-order valence-electron chi connectivity index (χ2n) is 5.46. The van der Waals surface area contributed by atoms with Gasteiger partial charge in [0.15, 0.2) is 0 Å². The summed E-state index contributed by atoms with van der Waals surface area (Å²) in [6, 6.07) is 6.29. The molecule has 3 N–H and O–H groups in total. The number of halogens is 1. The number of carbonyl (C=O) groups is 2. The number of benzene rings is 1. The minimum atomic E-state index is -0.351. The molecule has 0 heterocycles. The third-order valence-electron chi connectivity index (χ3n) is 3.76. The Morgan fingerprint density at radius 1 is 1.26 bits per heavy atom. The lowest BCUT2D eigenvalue weighted by Crippen LogP contribution is -2.36. The highest BCUT2D eigenvalue weighted by atomic mass is 35.5. The van der Waals surface area contributed by atoms with Crippen LogP contribution in [0.1, 0.15) is 31.2 Å². The Hall–Kier alpha value is -2.26. The lowest BCUT2D eigenvalue weighted by molar-refractivity contribution is -0.127. The molecular weight excluding hydrogens is 316 g/mol. The van der Waals surface area contributed by atoms with E-state index in [0.717, 1.165) is 19.3 Å². The number of nitrogens with one attached hydrogen (secondary N) is 3. The average molecular weight is 335 g/mol. The van der Waals surface area contributed by atoms with E-state index in [0.29, 0.717) is 35.8 Å². The summed E-state index contributed by atoms with van der Waals surface area (Å²) in [6.45, 7) is 1.01. The Kier molecular flexibility index (Phi) is 6.24. The SMILES string of the molecule is N#Cc1ccc(NC(=O)NCCCNC(=O)C2CCC2)cc1Cl. The van der Waals surface area contributed by atoms with Crippen LogP contribution >= 0.6 is 11.6 Å². The lowest BCUT2D eigenvalue weighted by Gasteiger charge is -2.23. The lowest BCUT2D eigenvalue weighted by atomic mass is 9.85. The number of carbonyl (C=O) groups excluding carboxylic acids is 2. The standard InChI is InChI=1S/C16H19ClN4O2/c17-14-9-13(6-5-12(14)10-18)21-16(23)20-8-2-7-19-15(22)11-3-1-4-11/h5-6,9,11H,1-4,7-8H2,(H,19,22)(H2,20,21,23). The maximum atomic E-state index is 11.7. The van der Waals surface area contributed by atoms with Crippen molar-refractivity contribution in [3.05, 3.63) is 28.8 Å². The number of nitriles is 1. The van der Waals surface area contributed by atoms with Crippen LogP contribution in [-0.4, -0.2) is 25.0 Å². The summed E-state index contributed by atoms with van der Waals surface area (Å²) in [5.41, 5.74) is 0.879. The Labute approximate surface area is 140 Å². The maximum Gasteiger partial charge on any atom is 0.319 e. The molecule has 3 amide bonds. The fraction of sp³-hybridized carbons (Fsp3) is 0.438. The summed E-state index contributed by atoms with van der Waals surface area (Å²) < 4.78 is 0. The number of rotatable bonds is 6. The predicted molar refractivity (Wildman–Crippen MR) is 88.2 cm³/mol. The first-order valence-electron chi connectivity index (χ1n) is 7.62. The van der Waals surface area contributed by atoms with Crippen LogP contribution in [0.25, 0.3) is 0 Å². The van der Waals surface area contributed by atoms with Crippen molar-refractivity contribution >= 4 is 29.2 Å². The molecule has 0 spiro atoms. The van der Waals surface area contributed by atoms with Crippen molar-refractivity contribution < 1.29 is 9.59 Å². The second kappa shape index (κ2) is 8.39. The molecule has 23 heavy (non-hydrogen) atoms. The van der Waals surface area contributed by atoms with Crippen LogP contribution in [0.15, 0.2) is 18.2 Å². The topological polar surface area (TPSA) is 94.0 Å². The van der Waals surface area contributed by atoms with E-state index in [4.69, 9.17) is 16.9 Å². The quantitative estimate of drug-likeness (QED) is 0.698. The van der Waals surface area contributed by atoms with Crippen molar-refractivity contribution in [2.75, 3.05) is 18.4 Å². The summed E-state index contributed by atoms with van der Waals surface area (Å²) in [4.78, 5) is 23.3. The number of hydrogen-bond acceptors (Lipinski definition) is 3. The molecule has 0 unspecified atom stereocenters. The fourth-order valence-electron chi connectivity index (χ4n) is 2.18. The van der Waals surface area contributed by atoms with Crippen molar-refractivity contribution in [3.8, 4) is 6.07 Å². The van der Waals surface area contributed by atoms with Gasteiger partial charge in [0.2, 0.25) is 5.91 Å².